The summed E-state index contributed by atoms with van der Waals surface area (Å²) in [5.41, 5.74) is -2.18. The molecule has 1 aliphatic carbocycles. The quantitative estimate of drug-likeness (QED) is 0.888. The third kappa shape index (κ3) is 1.86. The first-order valence-electron chi connectivity index (χ1n) is 5.96. The zero-order valence-corrected chi connectivity index (χ0v) is 10.3. The Morgan fingerprint density at radius 3 is 2.52 bits per heavy atom. The van der Waals surface area contributed by atoms with Crippen LogP contribution in [0.25, 0.3) is 10.9 Å². The van der Waals surface area contributed by atoms with Gasteiger partial charge in [0.15, 0.2) is 11.6 Å². The van der Waals surface area contributed by atoms with E-state index in [1.807, 2.05) is 0 Å². The minimum atomic E-state index is -1.57. The molecule has 2 N–H and O–H groups in total. The largest absolute Gasteiger partial charge is 0.503 e. The molecule has 2 aromatic rings. The summed E-state index contributed by atoms with van der Waals surface area (Å²) in [6, 6.07) is -0.312. The number of hydrogen-bond donors (Lipinski definition) is 2. The zero-order valence-electron chi connectivity index (χ0n) is 10.3. The molecule has 21 heavy (non-hydrogen) atoms. The summed E-state index contributed by atoms with van der Waals surface area (Å²) in [7, 11) is 0. The van der Waals surface area contributed by atoms with Crippen molar-refractivity contribution in [2.24, 2.45) is 0 Å². The number of phenolic OH excluding ortho intramolecular Hbond substituents is 1. The first kappa shape index (κ1) is 13.5. The molecule has 1 aromatic heterocycles. The van der Waals surface area contributed by atoms with Gasteiger partial charge in [-0.15, -0.1) is 0 Å². The first-order chi connectivity index (χ1) is 9.82. The number of halogens is 3. The number of aromatic hydroxyl groups is 1. The average Bonchev–Trinajstić information content (AvgIpc) is 3.14. The first-order valence-corrected chi connectivity index (χ1v) is 5.96. The lowest BCUT2D eigenvalue weighted by atomic mass is 10.1. The Hall–Kier alpha value is -2.51. The molecule has 5 nitrogen and oxygen atoms in total. The maximum Gasteiger partial charge on any atom is 0.341 e. The number of hydrogen-bond acceptors (Lipinski definition) is 3. The van der Waals surface area contributed by atoms with Crippen LogP contribution in [0.15, 0.2) is 17.1 Å². The van der Waals surface area contributed by atoms with Crippen molar-refractivity contribution in [2.75, 3.05) is 0 Å². The van der Waals surface area contributed by atoms with Gasteiger partial charge < -0.3 is 14.8 Å². The second-order valence-electron chi connectivity index (χ2n) is 4.82. The third-order valence-electron chi connectivity index (χ3n) is 3.45. The molecule has 8 heteroatoms. The highest BCUT2D eigenvalue weighted by molar-refractivity contribution is 5.94. The Morgan fingerprint density at radius 2 is 2.00 bits per heavy atom. The van der Waals surface area contributed by atoms with Gasteiger partial charge in [-0.1, -0.05) is 0 Å². The fraction of sp³-hybridized carbons (Fsp3) is 0.231. The van der Waals surface area contributed by atoms with Gasteiger partial charge in [-0.2, -0.15) is 4.39 Å². The van der Waals surface area contributed by atoms with Crippen LogP contribution in [0.2, 0.25) is 0 Å². The number of pyridine rings is 1. The van der Waals surface area contributed by atoms with Crippen molar-refractivity contribution in [1.29, 1.82) is 0 Å². The lowest BCUT2D eigenvalue weighted by molar-refractivity contribution is 0.0694. The SMILES string of the molecule is O=C(O)c1cn(C2CC2F)c2c(O)c(F)c(F)cc2c1=O. The molecule has 3 rings (SSSR count). The van der Waals surface area contributed by atoms with Crippen LogP contribution in [0.5, 0.6) is 5.75 Å². The van der Waals surface area contributed by atoms with Gasteiger partial charge in [0.2, 0.25) is 11.2 Å². The summed E-state index contributed by atoms with van der Waals surface area (Å²) in [6.07, 6.45) is -0.422. The van der Waals surface area contributed by atoms with E-state index >= 15 is 0 Å². The summed E-state index contributed by atoms with van der Waals surface area (Å²) in [5, 5.41) is 18.2. The number of nitrogens with zero attached hydrogens (tertiary/aromatic N) is 1. The molecule has 110 valence electrons. The van der Waals surface area contributed by atoms with Crippen LogP contribution in [-0.4, -0.2) is 26.9 Å². The molecule has 0 amide bonds. The van der Waals surface area contributed by atoms with Crippen LogP contribution in [0.4, 0.5) is 13.2 Å². The molecule has 1 heterocycles. The standard InChI is InChI=1S/C13H8F3NO4/c14-6-2-8(6)17-3-5(13(20)21)11(18)4-1-7(15)9(16)12(19)10(4)17/h1,3,6,8,19H,2H2,(H,20,21). The molecule has 1 saturated carbocycles. The van der Waals surface area contributed by atoms with Gasteiger partial charge in [0.05, 0.1) is 16.9 Å². The van der Waals surface area contributed by atoms with Crippen molar-refractivity contribution < 1.29 is 28.2 Å². The molecule has 0 aliphatic heterocycles. The van der Waals surface area contributed by atoms with Crippen LogP contribution >= 0.6 is 0 Å². The van der Waals surface area contributed by atoms with Crippen LogP contribution in [-0.2, 0) is 0 Å². The summed E-state index contributed by atoms with van der Waals surface area (Å²) in [6.45, 7) is 0. The second-order valence-corrected chi connectivity index (χ2v) is 4.82. The molecule has 0 bridgehead atoms. The Morgan fingerprint density at radius 1 is 1.38 bits per heavy atom. The fourth-order valence-electron chi connectivity index (χ4n) is 2.30. The van der Waals surface area contributed by atoms with Gasteiger partial charge in [-0.05, 0) is 6.07 Å². The minimum Gasteiger partial charge on any atom is -0.503 e. The average molecular weight is 299 g/mol. The molecule has 1 aromatic carbocycles. The van der Waals surface area contributed by atoms with E-state index in [1.165, 1.54) is 0 Å². The van der Waals surface area contributed by atoms with E-state index in [0.29, 0.717) is 6.07 Å². The summed E-state index contributed by atoms with van der Waals surface area (Å²) in [5.74, 6) is -5.78. The van der Waals surface area contributed by atoms with Gasteiger partial charge in [-0.3, -0.25) is 4.79 Å². The van der Waals surface area contributed by atoms with E-state index in [-0.39, 0.29) is 6.42 Å². The van der Waals surface area contributed by atoms with Crippen LogP contribution in [0.3, 0.4) is 0 Å². The number of rotatable bonds is 2. The smallest absolute Gasteiger partial charge is 0.341 e. The molecule has 2 atom stereocenters. The molecular formula is C13H8F3NO4. The van der Waals surface area contributed by atoms with Gasteiger partial charge >= 0.3 is 5.97 Å². The minimum absolute atomic E-state index is 0.0372. The predicted octanol–water partition coefficient (Wildman–Crippen LogP) is 1.97. The van der Waals surface area contributed by atoms with Gasteiger partial charge in [-0.25, -0.2) is 13.6 Å². The van der Waals surface area contributed by atoms with Crippen molar-refractivity contribution in [2.45, 2.75) is 18.6 Å². The van der Waals surface area contributed by atoms with Crippen molar-refractivity contribution in [3.05, 3.63) is 39.7 Å². The maximum absolute atomic E-state index is 13.5. The van der Waals surface area contributed by atoms with Gasteiger partial charge in [0.1, 0.15) is 11.7 Å². The van der Waals surface area contributed by atoms with Crippen LogP contribution in [0.1, 0.15) is 22.8 Å². The Balaban J connectivity index is 2.49. The maximum atomic E-state index is 13.5. The van der Waals surface area contributed by atoms with Gasteiger partial charge in [0.25, 0.3) is 0 Å². The molecule has 1 aliphatic rings. The Bertz CT molecular complexity index is 846. The van der Waals surface area contributed by atoms with E-state index in [1.54, 1.807) is 0 Å². The summed E-state index contributed by atoms with van der Waals surface area (Å²) in [4.78, 5) is 23.0. The molecular weight excluding hydrogens is 291 g/mol. The van der Waals surface area contributed by atoms with E-state index in [9.17, 15) is 27.9 Å². The lowest BCUT2D eigenvalue weighted by Crippen LogP contribution is -2.19. The van der Waals surface area contributed by atoms with Crippen LogP contribution in [0, 0.1) is 11.6 Å². The molecule has 2 unspecified atom stereocenters. The number of aromatic carboxylic acids is 1. The Kier molecular flexibility index (Phi) is 2.72. The number of aromatic nitrogens is 1. The number of carboxylic acids is 1. The van der Waals surface area contributed by atoms with E-state index in [4.69, 9.17) is 5.11 Å². The Labute approximate surface area is 114 Å². The van der Waals surface area contributed by atoms with Crippen LogP contribution < -0.4 is 5.43 Å². The summed E-state index contributed by atoms with van der Waals surface area (Å²) >= 11 is 0. The van der Waals surface area contributed by atoms with E-state index in [2.05, 4.69) is 0 Å². The molecule has 0 radical (unpaired) electrons. The molecule has 0 saturated heterocycles. The monoisotopic (exact) mass is 299 g/mol. The van der Waals surface area contributed by atoms with Crippen molar-refractivity contribution >= 4 is 16.9 Å². The topological polar surface area (TPSA) is 79.5 Å². The highest BCUT2D eigenvalue weighted by Gasteiger charge is 2.41. The summed E-state index contributed by atoms with van der Waals surface area (Å²) < 4.78 is 41.0. The fourth-order valence-corrected chi connectivity index (χ4v) is 2.30. The predicted molar refractivity (Wildman–Crippen MR) is 65.3 cm³/mol. The number of phenols is 1. The van der Waals surface area contributed by atoms with Crippen molar-refractivity contribution in [3.63, 3.8) is 0 Å². The van der Waals surface area contributed by atoms with Gasteiger partial charge in [0, 0.05) is 12.6 Å². The highest BCUT2D eigenvalue weighted by Crippen LogP contribution is 2.42. The number of alkyl halides is 1. The lowest BCUT2D eigenvalue weighted by Gasteiger charge is -2.13. The molecule has 1 fully saturated rings. The normalized spacial score (nSPS) is 20.7. The van der Waals surface area contributed by atoms with Crippen molar-refractivity contribution in [3.8, 4) is 5.75 Å². The zero-order chi connectivity index (χ0) is 15.5. The number of fused-ring (bicyclic) bond motifs is 1. The van der Waals surface area contributed by atoms with E-state index < -0.39 is 57.5 Å². The van der Waals surface area contributed by atoms with Crippen molar-refractivity contribution in [1.82, 2.24) is 4.57 Å². The second kappa shape index (κ2) is 4.24. The number of carbonyl (C=O) groups is 1. The number of benzene rings is 1. The molecule has 0 spiro atoms. The van der Waals surface area contributed by atoms with E-state index in [0.717, 1.165) is 10.8 Å². The highest BCUT2D eigenvalue weighted by atomic mass is 19.2. The third-order valence-corrected chi connectivity index (χ3v) is 3.45. The number of carboxylic acid groups (broad SMARTS) is 1.